The van der Waals surface area contributed by atoms with Gasteiger partial charge in [0.15, 0.2) is 0 Å². The van der Waals surface area contributed by atoms with Gasteiger partial charge in [-0.25, -0.2) is 4.39 Å². The number of fused-ring (bicyclic) bond motifs is 1. The first kappa shape index (κ1) is 22.1. The minimum absolute atomic E-state index is 0.258. The summed E-state index contributed by atoms with van der Waals surface area (Å²) in [7, 11) is 0. The molecule has 0 bridgehead atoms. The summed E-state index contributed by atoms with van der Waals surface area (Å²) >= 11 is 7.17. The summed E-state index contributed by atoms with van der Waals surface area (Å²) in [6.07, 6.45) is 2.01. The molecule has 3 aromatic rings. The van der Waals surface area contributed by atoms with E-state index in [0.29, 0.717) is 22.9 Å². The molecule has 2 amide bonds. The van der Waals surface area contributed by atoms with E-state index in [4.69, 9.17) is 11.6 Å². The molecule has 0 saturated carbocycles. The molecule has 1 heterocycles. The Hall–Kier alpha value is -3.09. The Morgan fingerprint density at radius 3 is 2.44 bits per heavy atom. The fourth-order valence-electron chi connectivity index (χ4n) is 3.34. The lowest BCUT2D eigenvalue weighted by Gasteiger charge is -2.30. The van der Waals surface area contributed by atoms with Crippen LogP contribution in [0.3, 0.4) is 0 Å². The Kier molecular flexibility index (Phi) is 6.93. The number of hydrogen-bond acceptors (Lipinski definition) is 3. The molecule has 1 N–H and O–H groups in total. The van der Waals surface area contributed by atoms with Gasteiger partial charge in [0, 0.05) is 22.5 Å². The second-order valence-corrected chi connectivity index (χ2v) is 8.78. The number of benzene rings is 3. The second kappa shape index (κ2) is 10.0. The van der Waals surface area contributed by atoms with Gasteiger partial charge in [0.05, 0.1) is 17.1 Å². The largest absolute Gasteiger partial charge is 0.352 e. The van der Waals surface area contributed by atoms with Crippen LogP contribution in [0.25, 0.3) is 0 Å². The maximum absolute atomic E-state index is 13.3. The summed E-state index contributed by atoms with van der Waals surface area (Å²) in [4.78, 5) is 28.5. The maximum Gasteiger partial charge on any atom is 0.265 e. The van der Waals surface area contributed by atoms with Crippen molar-refractivity contribution in [2.24, 2.45) is 0 Å². The molecule has 0 unspecified atom stereocenters. The highest BCUT2D eigenvalue weighted by atomic mass is 35.5. The van der Waals surface area contributed by atoms with Crippen LogP contribution in [0.15, 0.2) is 88.7 Å². The molecule has 32 heavy (non-hydrogen) atoms. The predicted octanol–water partition coefficient (Wildman–Crippen LogP) is 5.36. The normalized spacial score (nSPS) is 14.4. The number of carbonyl (C=O) groups is 2. The van der Waals surface area contributed by atoms with Gasteiger partial charge in [0.25, 0.3) is 5.91 Å². The van der Waals surface area contributed by atoms with E-state index in [9.17, 15) is 14.0 Å². The molecular formula is C25H20ClFN2O2S. The molecule has 7 heteroatoms. The van der Waals surface area contributed by atoms with E-state index in [2.05, 4.69) is 5.32 Å². The Morgan fingerprint density at radius 1 is 1.00 bits per heavy atom. The highest BCUT2D eigenvalue weighted by Gasteiger charge is 2.29. The predicted molar refractivity (Wildman–Crippen MR) is 126 cm³/mol. The van der Waals surface area contributed by atoms with Crippen LogP contribution in [-0.4, -0.2) is 18.4 Å². The molecule has 4 rings (SSSR count). The summed E-state index contributed by atoms with van der Waals surface area (Å²) < 4.78 is 13.3. The molecule has 4 nitrogen and oxygen atoms in total. The minimum Gasteiger partial charge on any atom is -0.352 e. The first-order chi connectivity index (χ1) is 15.5. The Bertz CT molecular complexity index is 1160. The van der Waals surface area contributed by atoms with Crippen LogP contribution in [0.1, 0.15) is 11.1 Å². The molecule has 0 fully saturated rings. The van der Waals surface area contributed by atoms with Crippen molar-refractivity contribution < 1.29 is 14.0 Å². The zero-order valence-corrected chi connectivity index (χ0v) is 18.6. The fourth-order valence-corrected chi connectivity index (χ4v) is 4.50. The minimum atomic E-state index is -0.328. The monoisotopic (exact) mass is 466 g/mol. The van der Waals surface area contributed by atoms with Gasteiger partial charge in [0.1, 0.15) is 5.82 Å². The standard InChI is InChI=1S/C25H20ClFN2O2S/c26-19-9-5-17(6-10-19)13-14-28-24(30)15-23-25(31)29(16-18-7-11-20(27)12-8-18)21-3-1-2-4-22(21)32-23/h1-12,15H,13-14,16H2,(H,28,30)/b23-15-. The Balaban J connectivity index is 1.47. The van der Waals surface area contributed by atoms with Gasteiger partial charge in [-0.05, 0) is 53.9 Å². The van der Waals surface area contributed by atoms with Gasteiger partial charge >= 0.3 is 0 Å². The maximum atomic E-state index is 13.3. The molecule has 0 spiro atoms. The number of carbonyl (C=O) groups excluding carboxylic acids is 2. The van der Waals surface area contributed by atoms with E-state index >= 15 is 0 Å². The summed E-state index contributed by atoms with van der Waals surface area (Å²) in [6.45, 7) is 0.727. The smallest absolute Gasteiger partial charge is 0.265 e. The van der Waals surface area contributed by atoms with Gasteiger partial charge in [-0.2, -0.15) is 0 Å². The Labute approximate surface area is 195 Å². The molecular weight excluding hydrogens is 447 g/mol. The Morgan fingerprint density at radius 2 is 1.69 bits per heavy atom. The van der Waals surface area contributed by atoms with Crippen molar-refractivity contribution in [3.63, 3.8) is 0 Å². The number of hydrogen-bond donors (Lipinski definition) is 1. The van der Waals surface area contributed by atoms with Gasteiger partial charge < -0.3 is 10.2 Å². The molecule has 0 aliphatic carbocycles. The lowest BCUT2D eigenvalue weighted by molar-refractivity contribution is -0.118. The number of nitrogens with zero attached hydrogens (tertiary/aromatic N) is 1. The van der Waals surface area contributed by atoms with Crippen LogP contribution in [0.4, 0.5) is 10.1 Å². The topological polar surface area (TPSA) is 49.4 Å². The first-order valence-corrected chi connectivity index (χ1v) is 11.3. The third kappa shape index (κ3) is 5.39. The van der Waals surface area contributed by atoms with Crippen molar-refractivity contribution in [3.05, 3.63) is 106 Å². The van der Waals surface area contributed by atoms with Crippen molar-refractivity contribution >= 4 is 40.9 Å². The van der Waals surface area contributed by atoms with E-state index in [-0.39, 0.29) is 24.2 Å². The molecule has 0 atom stereocenters. The quantitative estimate of drug-likeness (QED) is 0.497. The van der Waals surface area contributed by atoms with E-state index in [1.807, 2.05) is 48.5 Å². The number of para-hydroxylation sites is 1. The third-order valence-corrected chi connectivity index (χ3v) is 6.30. The lowest BCUT2D eigenvalue weighted by atomic mass is 10.1. The van der Waals surface area contributed by atoms with Crippen molar-refractivity contribution in [2.75, 3.05) is 11.4 Å². The number of halogens is 2. The summed E-state index contributed by atoms with van der Waals surface area (Å²) in [6, 6.07) is 21.0. The second-order valence-electron chi connectivity index (χ2n) is 7.26. The van der Waals surface area contributed by atoms with Crippen LogP contribution in [0.5, 0.6) is 0 Å². The average molecular weight is 467 g/mol. The van der Waals surface area contributed by atoms with Crippen molar-refractivity contribution in [1.82, 2.24) is 5.32 Å². The fraction of sp³-hybridized carbons (Fsp3) is 0.120. The SMILES string of the molecule is O=C(/C=C1\Sc2ccccc2N(Cc2ccc(F)cc2)C1=O)NCCc1ccc(Cl)cc1. The number of thioether (sulfide) groups is 1. The van der Waals surface area contributed by atoms with Gasteiger partial charge in [-0.15, -0.1) is 0 Å². The van der Waals surface area contributed by atoms with E-state index < -0.39 is 0 Å². The molecule has 3 aromatic carbocycles. The van der Waals surface area contributed by atoms with E-state index in [0.717, 1.165) is 21.7 Å². The third-order valence-electron chi connectivity index (χ3n) is 4.97. The van der Waals surface area contributed by atoms with Crippen molar-refractivity contribution in [3.8, 4) is 0 Å². The van der Waals surface area contributed by atoms with Crippen LogP contribution in [0, 0.1) is 5.82 Å². The lowest BCUT2D eigenvalue weighted by Crippen LogP contribution is -2.34. The number of rotatable bonds is 6. The first-order valence-electron chi connectivity index (χ1n) is 10.1. The summed E-state index contributed by atoms with van der Waals surface area (Å²) in [5, 5.41) is 3.50. The van der Waals surface area contributed by atoms with Crippen molar-refractivity contribution in [2.45, 2.75) is 17.9 Å². The van der Waals surface area contributed by atoms with Crippen molar-refractivity contribution in [1.29, 1.82) is 0 Å². The van der Waals surface area contributed by atoms with E-state index in [1.165, 1.54) is 30.0 Å². The molecule has 1 aliphatic rings. The number of amides is 2. The zero-order valence-electron chi connectivity index (χ0n) is 17.1. The summed E-state index contributed by atoms with van der Waals surface area (Å²) in [5.41, 5.74) is 2.63. The van der Waals surface area contributed by atoms with Gasteiger partial charge in [0.2, 0.25) is 5.91 Å². The number of anilines is 1. The highest BCUT2D eigenvalue weighted by Crippen LogP contribution is 2.41. The molecule has 0 radical (unpaired) electrons. The van der Waals surface area contributed by atoms with Gasteiger partial charge in [-0.1, -0.05) is 59.8 Å². The number of nitrogens with one attached hydrogen (secondary N) is 1. The van der Waals surface area contributed by atoms with Crippen LogP contribution < -0.4 is 10.2 Å². The zero-order chi connectivity index (χ0) is 22.5. The van der Waals surface area contributed by atoms with E-state index in [1.54, 1.807) is 17.0 Å². The average Bonchev–Trinajstić information content (AvgIpc) is 2.79. The summed E-state index contributed by atoms with van der Waals surface area (Å²) in [5.74, 6) is -0.910. The molecule has 1 aliphatic heterocycles. The highest BCUT2D eigenvalue weighted by molar-refractivity contribution is 8.04. The van der Waals surface area contributed by atoms with Crippen LogP contribution >= 0.6 is 23.4 Å². The molecule has 0 saturated heterocycles. The van der Waals surface area contributed by atoms with Crippen LogP contribution in [-0.2, 0) is 22.6 Å². The molecule has 0 aromatic heterocycles. The van der Waals surface area contributed by atoms with Gasteiger partial charge in [-0.3, -0.25) is 9.59 Å². The van der Waals surface area contributed by atoms with Crippen LogP contribution in [0.2, 0.25) is 5.02 Å². The molecule has 162 valence electrons.